The van der Waals surface area contributed by atoms with Crippen LogP contribution in [0.15, 0.2) is 18.2 Å². The van der Waals surface area contributed by atoms with Gasteiger partial charge in [0, 0.05) is 31.1 Å². The Bertz CT molecular complexity index is 427. The molecule has 1 aromatic carbocycles. The Morgan fingerprint density at radius 3 is 2.75 bits per heavy atom. The van der Waals surface area contributed by atoms with Crippen LogP contribution in [-0.4, -0.2) is 28.7 Å². The molecule has 1 aromatic rings. The van der Waals surface area contributed by atoms with Gasteiger partial charge in [-0.15, -0.1) is 0 Å². The van der Waals surface area contributed by atoms with Gasteiger partial charge in [0.25, 0.3) is 5.69 Å². The van der Waals surface area contributed by atoms with Gasteiger partial charge < -0.3 is 10.4 Å². The van der Waals surface area contributed by atoms with Crippen molar-refractivity contribution in [3.05, 3.63) is 39.4 Å². The first-order valence-corrected chi connectivity index (χ1v) is 5.18. The van der Waals surface area contributed by atoms with E-state index in [4.69, 9.17) is 0 Å². The summed E-state index contributed by atoms with van der Waals surface area (Å²) in [7, 11) is 0. The Morgan fingerprint density at radius 2 is 2.25 bits per heavy atom. The van der Waals surface area contributed by atoms with Crippen molar-refractivity contribution >= 4 is 5.69 Å². The highest BCUT2D eigenvalue weighted by Crippen LogP contribution is 2.27. The van der Waals surface area contributed by atoms with Crippen molar-refractivity contribution in [2.75, 3.05) is 13.1 Å². The molecular formula is C11H14N2O3. The summed E-state index contributed by atoms with van der Waals surface area (Å²) in [5.74, 6) is 0. The molecule has 0 saturated carbocycles. The van der Waals surface area contributed by atoms with E-state index in [2.05, 4.69) is 5.32 Å². The highest BCUT2D eigenvalue weighted by atomic mass is 16.6. The van der Waals surface area contributed by atoms with E-state index < -0.39 is 10.5 Å². The summed E-state index contributed by atoms with van der Waals surface area (Å²) in [5.41, 5.74) is 0.767. The molecule has 5 nitrogen and oxygen atoms in total. The molecule has 1 aliphatic heterocycles. The van der Waals surface area contributed by atoms with Crippen LogP contribution < -0.4 is 5.32 Å². The van der Waals surface area contributed by atoms with Gasteiger partial charge in [-0.05, 0) is 12.5 Å². The first kappa shape index (κ1) is 11.0. The van der Waals surface area contributed by atoms with Crippen molar-refractivity contribution in [3.8, 4) is 0 Å². The first-order chi connectivity index (χ1) is 7.52. The molecule has 1 saturated heterocycles. The standard InChI is InChI=1S/C11H14N2O3/c1-8-3-2-4-10(13(15)16)9(8)5-11(14)6-12-7-11/h2-4,12,14H,5-7H2,1H3. The highest BCUT2D eigenvalue weighted by molar-refractivity contribution is 5.46. The maximum absolute atomic E-state index is 10.9. The second-order valence-electron chi connectivity index (χ2n) is 4.33. The van der Waals surface area contributed by atoms with Crippen molar-refractivity contribution < 1.29 is 10.0 Å². The normalized spacial score (nSPS) is 17.9. The molecule has 1 heterocycles. The fraction of sp³-hybridized carbons (Fsp3) is 0.455. The number of nitrogens with zero attached hydrogens (tertiary/aromatic N) is 1. The number of nitro groups is 1. The van der Waals surface area contributed by atoms with Crippen LogP contribution in [0.5, 0.6) is 0 Å². The maximum atomic E-state index is 10.9. The molecule has 2 rings (SSSR count). The van der Waals surface area contributed by atoms with Gasteiger partial charge in [0.05, 0.1) is 10.5 Å². The lowest BCUT2D eigenvalue weighted by Crippen LogP contribution is -2.60. The molecule has 0 unspecified atom stereocenters. The fourth-order valence-corrected chi connectivity index (χ4v) is 1.96. The number of nitro benzene ring substituents is 1. The summed E-state index contributed by atoms with van der Waals surface area (Å²) in [6.07, 6.45) is 0.336. The third-order valence-corrected chi connectivity index (χ3v) is 3.00. The molecule has 0 spiro atoms. The van der Waals surface area contributed by atoms with Gasteiger partial charge in [-0.25, -0.2) is 0 Å². The van der Waals surface area contributed by atoms with E-state index >= 15 is 0 Å². The molecule has 0 aromatic heterocycles. The van der Waals surface area contributed by atoms with Crippen molar-refractivity contribution in [1.82, 2.24) is 5.32 Å². The number of hydrogen-bond acceptors (Lipinski definition) is 4. The lowest BCUT2D eigenvalue weighted by atomic mass is 9.87. The van der Waals surface area contributed by atoms with Gasteiger partial charge in [0.2, 0.25) is 0 Å². The summed E-state index contributed by atoms with van der Waals surface area (Å²) < 4.78 is 0. The number of nitrogens with one attached hydrogen (secondary N) is 1. The first-order valence-electron chi connectivity index (χ1n) is 5.18. The molecule has 86 valence electrons. The molecule has 0 radical (unpaired) electrons. The zero-order chi connectivity index (χ0) is 11.8. The summed E-state index contributed by atoms with van der Waals surface area (Å²) in [6, 6.07) is 4.98. The predicted octanol–water partition coefficient (Wildman–Crippen LogP) is 0.780. The maximum Gasteiger partial charge on any atom is 0.272 e. The molecule has 0 aliphatic carbocycles. The van der Waals surface area contributed by atoms with E-state index in [1.54, 1.807) is 6.07 Å². The minimum absolute atomic E-state index is 0.0975. The minimum atomic E-state index is -0.823. The third-order valence-electron chi connectivity index (χ3n) is 3.00. The van der Waals surface area contributed by atoms with E-state index in [0.29, 0.717) is 25.1 Å². The van der Waals surface area contributed by atoms with E-state index in [1.165, 1.54) is 6.07 Å². The largest absolute Gasteiger partial charge is 0.387 e. The number of β-amino-alcohol motifs (C(OH)–C–C–N with tert-alkyl or cyclic N) is 1. The van der Waals surface area contributed by atoms with Crippen LogP contribution in [0.3, 0.4) is 0 Å². The number of benzene rings is 1. The summed E-state index contributed by atoms with van der Waals surface area (Å²) in [5, 5.41) is 23.9. The number of aliphatic hydroxyl groups is 1. The zero-order valence-electron chi connectivity index (χ0n) is 9.06. The van der Waals surface area contributed by atoms with Gasteiger partial charge in [-0.2, -0.15) is 0 Å². The molecular weight excluding hydrogens is 208 g/mol. The Labute approximate surface area is 93.2 Å². The van der Waals surface area contributed by atoms with Crippen molar-refractivity contribution in [1.29, 1.82) is 0 Å². The Morgan fingerprint density at radius 1 is 1.56 bits per heavy atom. The van der Waals surface area contributed by atoms with Crippen LogP contribution in [0.25, 0.3) is 0 Å². The summed E-state index contributed by atoms with van der Waals surface area (Å²) >= 11 is 0. The molecule has 1 aliphatic rings. The van der Waals surface area contributed by atoms with Crippen molar-refractivity contribution in [2.24, 2.45) is 0 Å². The number of rotatable bonds is 3. The molecule has 0 amide bonds. The average molecular weight is 222 g/mol. The molecule has 0 bridgehead atoms. The fourth-order valence-electron chi connectivity index (χ4n) is 1.96. The molecule has 0 atom stereocenters. The third kappa shape index (κ3) is 1.91. The monoisotopic (exact) mass is 222 g/mol. The zero-order valence-corrected chi connectivity index (χ0v) is 9.06. The Hall–Kier alpha value is -1.46. The summed E-state index contributed by atoms with van der Waals surface area (Å²) in [4.78, 5) is 10.5. The van der Waals surface area contributed by atoms with Crippen molar-refractivity contribution in [2.45, 2.75) is 18.9 Å². The quantitative estimate of drug-likeness (QED) is 0.585. The van der Waals surface area contributed by atoms with E-state index in [0.717, 1.165) is 5.56 Å². The SMILES string of the molecule is Cc1cccc([N+](=O)[O-])c1CC1(O)CNC1. The van der Waals surface area contributed by atoms with E-state index in [9.17, 15) is 15.2 Å². The minimum Gasteiger partial charge on any atom is -0.387 e. The van der Waals surface area contributed by atoms with Gasteiger partial charge in [-0.1, -0.05) is 12.1 Å². The van der Waals surface area contributed by atoms with E-state index in [-0.39, 0.29) is 5.69 Å². The van der Waals surface area contributed by atoms with Gasteiger partial charge >= 0.3 is 0 Å². The van der Waals surface area contributed by atoms with Crippen molar-refractivity contribution in [3.63, 3.8) is 0 Å². The van der Waals surface area contributed by atoms with Crippen LogP contribution in [-0.2, 0) is 6.42 Å². The van der Waals surface area contributed by atoms with E-state index in [1.807, 2.05) is 13.0 Å². The van der Waals surface area contributed by atoms with Crippen LogP contribution >= 0.6 is 0 Å². The van der Waals surface area contributed by atoms with Gasteiger partial charge in [0.1, 0.15) is 0 Å². The number of aryl methyl sites for hydroxylation is 1. The molecule has 16 heavy (non-hydrogen) atoms. The topological polar surface area (TPSA) is 75.4 Å². The second-order valence-corrected chi connectivity index (χ2v) is 4.33. The number of hydrogen-bond donors (Lipinski definition) is 2. The summed E-state index contributed by atoms with van der Waals surface area (Å²) in [6.45, 7) is 2.83. The van der Waals surface area contributed by atoms with Crippen LogP contribution in [0.4, 0.5) is 5.69 Å². The lowest BCUT2D eigenvalue weighted by Gasteiger charge is -2.37. The lowest BCUT2D eigenvalue weighted by molar-refractivity contribution is -0.385. The average Bonchev–Trinajstić information content (AvgIpc) is 2.18. The Balaban J connectivity index is 2.34. The van der Waals surface area contributed by atoms with Crippen LogP contribution in [0, 0.1) is 17.0 Å². The Kier molecular flexibility index (Phi) is 2.65. The smallest absolute Gasteiger partial charge is 0.272 e. The van der Waals surface area contributed by atoms with Crippen LogP contribution in [0.2, 0.25) is 0 Å². The molecule has 1 fully saturated rings. The van der Waals surface area contributed by atoms with Gasteiger partial charge in [0.15, 0.2) is 0 Å². The van der Waals surface area contributed by atoms with Crippen LogP contribution in [0.1, 0.15) is 11.1 Å². The van der Waals surface area contributed by atoms with Gasteiger partial charge in [-0.3, -0.25) is 10.1 Å². The molecule has 2 N–H and O–H groups in total. The highest BCUT2D eigenvalue weighted by Gasteiger charge is 2.36. The predicted molar refractivity (Wildman–Crippen MR) is 59.4 cm³/mol. The molecule has 5 heteroatoms. The second kappa shape index (κ2) is 3.84.